The summed E-state index contributed by atoms with van der Waals surface area (Å²) in [5.41, 5.74) is -1.65. The van der Waals surface area contributed by atoms with Crippen LogP contribution in [0.3, 0.4) is 0 Å². The molecular formula is C14H13F6N3O. The van der Waals surface area contributed by atoms with Crippen molar-refractivity contribution in [2.45, 2.75) is 32.8 Å². The van der Waals surface area contributed by atoms with Gasteiger partial charge in [-0.1, -0.05) is 13.8 Å². The van der Waals surface area contributed by atoms with Crippen LogP contribution in [-0.2, 0) is 19.0 Å². The third kappa shape index (κ3) is 4.63. The Balaban J connectivity index is 0.00000139. The highest BCUT2D eigenvalue weighted by atomic mass is 19.4. The Hall–Kier alpha value is -2.23. The second-order valence-corrected chi connectivity index (χ2v) is 4.18. The molecule has 0 saturated carbocycles. The first-order valence-electron chi connectivity index (χ1n) is 6.69. The molecule has 0 aliphatic carbocycles. The summed E-state index contributed by atoms with van der Waals surface area (Å²) in [6, 6.07) is 0.925. The molecule has 0 amide bonds. The van der Waals surface area contributed by atoms with Gasteiger partial charge >= 0.3 is 12.4 Å². The molecule has 2 aromatic heterocycles. The fourth-order valence-electron chi connectivity index (χ4n) is 1.65. The van der Waals surface area contributed by atoms with Crippen molar-refractivity contribution in [1.82, 2.24) is 15.0 Å². The van der Waals surface area contributed by atoms with E-state index >= 15 is 0 Å². The molecular weight excluding hydrogens is 340 g/mol. The molecule has 0 unspecified atom stereocenters. The van der Waals surface area contributed by atoms with Crippen LogP contribution >= 0.6 is 0 Å². The Morgan fingerprint density at radius 3 is 1.83 bits per heavy atom. The normalized spacial score (nSPS) is 11.7. The molecule has 0 spiro atoms. The average Bonchev–Trinajstić information content (AvgIpc) is 2.54. The first-order chi connectivity index (χ1) is 11.1. The lowest BCUT2D eigenvalue weighted by molar-refractivity contribution is -0.145. The highest BCUT2D eigenvalue weighted by Gasteiger charge is 2.35. The van der Waals surface area contributed by atoms with Crippen molar-refractivity contribution in [2.75, 3.05) is 0 Å². The minimum absolute atomic E-state index is 0.00331. The number of halogens is 6. The van der Waals surface area contributed by atoms with Gasteiger partial charge in [0.2, 0.25) is 5.82 Å². The predicted molar refractivity (Wildman–Crippen MR) is 72.5 cm³/mol. The molecule has 0 fully saturated rings. The van der Waals surface area contributed by atoms with Gasteiger partial charge in [0.05, 0.1) is 17.9 Å². The summed E-state index contributed by atoms with van der Waals surface area (Å²) in [6.45, 7) is 3.10. The van der Waals surface area contributed by atoms with Gasteiger partial charge < -0.3 is 5.11 Å². The number of alkyl halides is 6. The third-order valence-electron chi connectivity index (χ3n) is 2.67. The molecule has 0 saturated heterocycles. The first kappa shape index (κ1) is 19.8. The van der Waals surface area contributed by atoms with Gasteiger partial charge in [0.25, 0.3) is 0 Å². The highest BCUT2D eigenvalue weighted by Crippen LogP contribution is 2.33. The number of rotatable bonds is 2. The molecule has 132 valence electrons. The molecule has 0 atom stereocenters. The van der Waals surface area contributed by atoms with Gasteiger partial charge in [-0.25, -0.2) is 9.97 Å². The number of hydrogen-bond donors (Lipinski definition) is 1. The molecule has 4 nitrogen and oxygen atoms in total. The molecule has 0 bridgehead atoms. The zero-order valence-corrected chi connectivity index (χ0v) is 12.6. The summed E-state index contributed by atoms with van der Waals surface area (Å²) in [6.07, 6.45) is -7.32. The SMILES string of the molecule is CC.OCc1cc(-c2cnc(C(F)(F)F)nc2)ncc1C(F)(F)F. The molecule has 2 rings (SSSR count). The van der Waals surface area contributed by atoms with Crippen molar-refractivity contribution in [3.05, 3.63) is 41.6 Å². The molecule has 0 aliphatic rings. The quantitative estimate of drug-likeness (QED) is 0.826. The summed E-state index contributed by atoms with van der Waals surface area (Å²) in [7, 11) is 0. The fourth-order valence-corrected chi connectivity index (χ4v) is 1.65. The van der Waals surface area contributed by atoms with Crippen LogP contribution < -0.4 is 0 Å². The number of aliphatic hydroxyl groups is 1. The topological polar surface area (TPSA) is 58.9 Å². The molecule has 2 aromatic rings. The Morgan fingerprint density at radius 1 is 0.875 bits per heavy atom. The summed E-state index contributed by atoms with van der Waals surface area (Å²) in [5.74, 6) is -1.37. The lowest BCUT2D eigenvalue weighted by Crippen LogP contribution is -2.11. The number of nitrogens with zero attached hydrogens (tertiary/aromatic N) is 3. The molecule has 10 heteroatoms. The number of pyridine rings is 1. The maximum atomic E-state index is 12.7. The molecule has 0 aliphatic heterocycles. The maximum Gasteiger partial charge on any atom is 0.451 e. The van der Waals surface area contributed by atoms with Gasteiger partial charge in [-0.05, 0) is 11.6 Å². The first-order valence-corrected chi connectivity index (χ1v) is 6.69. The van der Waals surface area contributed by atoms with Crippen molar-refractivity contribution in [3.63, 3.8) is 0 Å². The second kappa shape index (κ2) is 7.56. The van der Waals surface area contributed by atoms with E-state index in [1.807, 2.05) is 13.8 Å². The largest absolute Gasteiger partial charge is 0.451 e. The van der Waals surface area contributed by atoms with Crippen LogP contribution in [0.15, 0.2) is 24.7 Å². The monoisotopic (exact) mass is 353 g/mol. The average molecular weight is 353 g/mol. The molecule has 0 aromatic carbocycles. The van der Waals surface area contributed by atoms with Crippen molar-refractivity contribution >= 4 is 0 Å². The lowest BCUT2D eigenvalue weighted by Gasteiger charge is -2.12. The van der Waals surface area contributed by atoms with Gasteiger partial charge in [0.1, 0.15) is 0 Å². The van der Waals surface area contributed by atoms with Gasteiger partial charge in [0, 0.05) is 24.2 Å². The summed E-state index contributed by atoms with van der Waals surface area (Å²) in [4.78, 5) is 9.71. The van der Waals surface area contributed by atoms with Crippen LogP contribution in [0.2, 0.25) is 0 Å². The van der Waals surface area contributed by atoms with Crippen molar-refractivity contribution in [2.24, 2.45) is 0 Å². The number of aromatic nitrogens is 3. The Labute approximate surface area is 133 Å². The number of aliphatic hydroxyl groups excluding tert-OH is 1. The van der Waals surface area contributed by atoms with Crippen molar-refractivity contribution in [1.29, 1.82) is 0 Å². The predicted octanol–water partition coefficient (Wildman–Crippen LogP) is 4.09. The van der Waals surface area contributed by atoms with E-state index in [0.717, 1.165) is 18.5 Å². The van der Waals surface area contributed by atoms with Crippen LogP contribution in [0.1, 0.15) is 30.8 Å². The third-order valence-corrected chi connectivity index (χ3v) is 2.67. The lowest BCUT2D eigenvalue weighted by atomic mass is 10.1. The van der Waals surface area contributed by atoms with E-state index in [1.165, 1.54) is 0 Å². The van der Waals surface area contributed by atoms with E-state index < -0.39 is 35.9 Å². The summed E-state index contributed by atoms with van der Waals surface area (Å²) in [5, 5.41) is 9.00. The van der Waals surface area contributed by atoms with Gasteiger partial charge in [-0.15, -0.1) is 0 Å². The van der Waals surface area contributed by atoms with E-state index in [0.29, 0.717) is 6.20 Å². The van der Waals surface area contributed by atoms with Gasteiger partial charge in [0.15, 0.2) is 0 Å². The zero-order valence-electron chi connectivity index (χ0n) is 12.6. The van der Waals surface area contributed by atoms with Crippen molar-refractivity contribution in [3.8, 4) is 11.3 Å². The van der Waals surface area contributed by atoms with E-state index in [1.54, 1.807) is 0 Å². The minimum Gasteiger partial charge on any atom is -0.392 e. The van der Waals surface area contributed by atoms with Gasteiger partial charge in [-0.2, -0.15) is 26.3 Å². The molecule has 0 radical (unpaired) electrons. The van der Waals surface area contributed by atoms with Crippen LogP contribution in [0, 0.1) is 0 Å². The van der Waals surface area contributed by atoms with E-state index in [9.17, 15) is 26.3 Å². The van der Waals surface area contributed by atoms with E-state index in [2.05, 4.69) is 15.0 Å². The molecule has 2 heterocycles. The molecule has 1 N–H and O–H groups in total. The standard InChI is InChI=1S/C12H7F6N3O.C2H6/c13-11(14,15)8-4-19-9(1-6(8)5-22)7-2-20-10(21-3-7)12(16,17)18;1-2/h1-4,22H,5H2;1-2H3. The summed E-state index contributed by atoms with van der Waals surface area (Å²) < 4.78 is 74.9. The zero-order chi connectivity index (χ0) is 18.5. The second-order valence-electron chi connectivity index (χ2n) is 4.18. The Bertz CT molecular complexity index is 668. The maximum absolute atomic E-state index is 12.7. The number of hydrogen-bond acceptors (Lipinski definition) is 4. The minimum atomic E-state index is -4.72. The van der Waals surface area contributed by atoms with Crippen LogP contribution in [0.25, 0.3) is 11.3 Å². The summed E-state index contributed by atoms with van der Waals surface area (Å²) >= 11 is 0. The molecule has 24 heavy (non-hydrogen) atoms. The van der Waals surface area contributed by atoms with E-state index in [-0.39, 0.29) is 11.3 Å². The van der Waals surface area contributed by atoms with Crippen LogP contribution in [-0.4, -0.2) is 20.1 Å². The fraction of sp³-hybridized carbons (Fsp3) is 0.357. The van der Waals surface area contributed by atoms with Crippen molar-refractivity contribution < 1.29 is 31.4 Å². The van der Waals surface area contributed by atoms with E-state index in [4.69, 9.17) is 5.11 Å². The van der Waals surface area contributed by atoms with Crippen LogP contribution in [0.5, 0.6) is 0 Å². The van der Waals surface area contributed by atoms with Crippen LogP contribution in [0.4, 0.5) is 26.3 Å². The Morgan fingerprint density at radius 2 is 1.42 bits per heavy atom. The Kier molecular flexibility index (Phi) is 6.24. The highest BCUT2D eigenvalue weighted by molar-refractivity contribution is 5.58. The smallest absolute Gasteiger partial charge is 0.392 e. The van der Waals surface area contributed by atoms with Gasteiger partial charge in [-0.3, -0.25) is 4.98 Å².